The van der Waals surface area contributed by atoms with E-state index in [0.717, 1.165) is 31.1 Å². The highest BCUT2D eigenvalue weighted by Crippen LogP contribution is 2.42. The number of rotatable bonds is 5. The number of aromatic nitrogens is 2. The second kappa shape index (κ2) is 6.49. The number of pyridine rings is 1. The Morgan fingerprint density at radius 2 is 2.33 bits per heavy atom. The number of nitrogens with one attached hydrogen (secondary N) is 1. The molecule has 24 heavy (non-hydrogen) atoms. The van der Waals surface area contributed by atoms with E-state index < -0.39 is 0 Å². The molecule has 7 heteroatoms. The summed E-state index contributed by atoms with van der Waals surface area (Å²) >= 11 is 1.66. The van der Waals surface area contributed by atoms with E-state index in [0.29, 0.717) is 19.0 Å². The van der Waals surface area contributed by atoms with Gasteiger partial charge in [-0.05, 0) is 19.0 Å². The molecule has 1 spiro atoms. The van der Waals surface area contributed by atoms with Crippen LogP contribution in [0.15, 0.2) is 36.0 Å². The zero-order valence-corrected chi connectivity index (χ0v) is 14.2. The maximum atomic E-state index is 12.5. The molecule has 0 bridgehead atoms. The highest BCUT2D eigenvalue weighted by molar-refractivity contribution is 7.09. The predicted octanol–water partition coefficient (Wildman–Crippen LogP) is 1.56. The van der Waals surface area contributed by atoms with E-state index in [9.17, 15) is 4.79 Å². The molecule has 2 aromatic rings. The third-order valence-corrected chi connectivity index (χ3v) is 5.80. The lowest BCUT2D eigenvalue weighted by molar-refractivity contribution is -0.128. The Labute approximate surface area is 144 Å². The number of ether oxygens (including phenoxy) is 1. The summed E-state index contributed by atoms with van der Waals surface area (Å²) in [5, 5.41) is 6.14. The first-order chi connectivity index (χ1) is 11.8. The average molecular weight is 344 g/mol. The SMILES string of the molecule is O=C1NC[C@@H](COc2ccccn2)[C@@]12CCN(Cc1nccs1)C2. The summed E-state index contributed by atoms with van der Waals surface area (Å²) in [5.41, 5.74) is -0.341. The van der Waals surface area contributed by atoms with Crippen molar-refractivity contribution in [2.45, 2.75) is 13.0 Å². The normalized spacial score (nSPS) is 26.8. The average Bonchev–Trinajstić information content (AvgIpc) is 3.32. The van der Waals surface area contributed by atoms with Crippen LogP contribution in [0.3, 0.4) is 0 Å². The molecule has 1 amide bonds. The molecule has 2 aromatic heterocycles. The molecule has 2 atom stereocenters. The van der Waals surface area contributed by atoms with Gasteiger partial charge in [0, 0.05) is 42.8 Å². The van der Waals surface area contributed by atoms with Gasteiger partial charge in [0.15, 0.2) is 0 Å². The van der Waals surface area contributed by atoms with Crippen molar-refractivity contribution < 1.29 is 9.53 Å². The van der Waals surface area contributed by atoms with E-state index in [2.05, 4.69) is 20.2 Å². The van der Waals surface area contributed by atoms with Crippen molar-refractivity contribution >= 4 is 17.2 Å². The Bertz CT molecular complexity index is 694. The number of likely N-dealkylation sites (tertiary alicyclic amines) is 1. The molecule has 0 aromatic carbocycles. The van der Waals surface area contributed by atoms with Crippen molar-refractivity contribution in [3.63, 3.8) is 0 Å². The monoisotopic (exact) mass is 344 g/mol. The van der Waals surface area contributed by atoms with Crippen LogP contribution in [0.1, 0.15) is 11.4 Å². The second-order valence-electron chi connectivity index (χ2n) is 6.43. The van der Waals surface area contributed by atoms with Crippen LogP contribution in [-0.2, 0) is 11.3 Å². The molecule has 0 unspecified atom stereocenters. The van der Waals surface area contributed by atoms with Crippen LogP contribution in [0.25, 0.3) is 0 Å². The largest absolute Gasteiger partial charge is 0.477 e. The Balaban J connectivity index is 1.43. The van der Waals surface area contributed by atoms with Gasteiger partial charge in [0.05, 0.1) is 18.6 Å². The van der Waals surface area contributed by atoms with E-state index >= 15 is 0 Å². The molecule has 0 saturated carbocycles. The molecule has 4 rings (SSSR count). The summed E-state index contributed by atoms with van der Waals surface area (Å²) in [6.07, 6.45) is 4.42. The van der Waals surface area contributed by atoms with E-state index in [-0.39, 0.29) is 17.2 Å². The van der Waals surface area contributed by atoms with Crippen LogP contribution < -0.4 is 10.1 Å². The van der Waals surface area contributed by atoms with Gasteiger partial charge in [-0.25, -0.2) is 9.97 Å². The minimum absolute atomic E-state index is 0.166. The first-order valence-corrected chi connectivity index (χ1v) is 9.07. The topological polar surface area (TPSA) is 67.3 Å². The first-order valence-electron chi connectivity index (χ1n) is 8.19. The lowest BCUT2D eigenvalue weighted by Crippen LogP contribution is -2.40. The standard InChI is InChI=1S/C17H20N4O2S/c22-16-17(4-7-21(12-17)10-15-19-6-8-24-15)13(9-20-16)11-23-14-3-1-2-5-18-14/h1-3,5-6,8,13H,4,7,9-12H2,(H,20,22)/t13-,17-/m0/s1. The molecule has 2 saturated heterocycles. The number of carbonyl (C=O) groups excluding carboxylic acids is 1. The number of hydrogen-bond acceptors (Lipinski definition) is 6. The minimum atomic E-state index is -0.341. The highest BCUT2D eigenvalue weighted by atomic mass is 32.1. The zero-order chi connectivity index (χ0) is 16.4. The number of carbonyl (C=O) groups is 1. The molecule has 0 radical (unpaired) electrons. The molecule has 2 fully saturated rings. The predicted molar refractivity (Wildman–Crippen MR) is 90.7 cm³/mol. The van der Waals surface area contributed by atoms with E-state index in [1.165, 1.54) is 0 Å². The highest BCUT2D eigenvalue weighted by Gasteiger charge is 2.54. The number of thiazole rings is 1. The van der Waals surface area contributed by atoms with Crippen molar-refractivity contribution in [1.29, 1.82) is 0 Å². The fourth-order valence-corrected chi connectivity index (χ4v) is 4.36. The van der Waals surface area contributed by atoms with Gasteiger partial charge in [-0.15, -0.1) is 11.3 Å². The second-order valence-corrected chi connectivity index (χ2v) is 7.41. The van der Waals surface area contributed by atoms with E-state index in [1.807, 2.05) is 29.8 Å². The Hall–Kier alpha value is -1.99. The molecular weight excluding hydrogens is 324 g/mol. The van der Waals surface area contributed by atoms with Crippen LogP contribution in [0.5, 0.6) is 5.88 Å². The third kappa shape index (κ3) is 2.89. The van der Waals surface area contributed by atoms with E-state index in [1.54, 1.807) is 17.5 Å². The van der Waals surface area contributed by atoms with Gasteiger partial charge in [-0.1, -0.05) is 6.07 Å². The molecule has 6 nitrogen and oxygen atoms in total. The van der Waals surface area contributed by atoms with E-state index in [4.69, 9.17) is 4.74 Å². The number of nitrogens with zero attached hydrogens (tertiary/aromatic N) is 3. The lowest BCUT2D eigenvalue weighted by Gasteiger charge is -2.28. The number of amides is 1. The van der Waals surface area contributed by atoms with Crippen molar-refractivity contribution in [3.05, 3.63) is 41.0 Å². The van der Waals surface area contributed by atoms with Crippen molar-refractivity contribution in [1.82, 2.24) is 20.2 Å². The van der Waals surface area contributed by atoms with Crippen molar-refractivity contribution in [3.8, 4) is 5.88 Å². The maximum absolute atomic E-state index is 12.5. The molecule has 2 aliphatic heterocycles. The Kier molecular flexibility index (Phi) is 4.20. The van der Waals surface area contributed by atoms with Gasteiger partial charge >= 0.3 is 0 Å². The molecule has 1 N–H and O–H groups in total. The summed E-state index contributed by atoms with van der Waals surface area (Å²) in [6.45, 7) is 3.71. The van der Waals surface area contributed by atoms with Crippen molar-refractivity contribution in [2.75, 3.05) is 26.2 Å². The summed E-state index contributed by atoms with van der Waals surface area (Å²) in [5.74, 6) is 0.955. The number of hydrogen-bond donors (Lipinski definition) is 1. The summed E-state index contributed by atoms with van der Waals surface area (Å²) in [7, 11) is 0. The quantitative estimate of drug-likeness (QED) is 0.891. The summed E-state index contributed by atoms with van der Waals surface area (Å²) < 4.78 is 5.83. The Morgan fingerprint density at radius 3 is 3.12 bits per heavy atom. The van der Waals surface area contributed by atoms with Gasteiger partial charge in [-0.2, -0.15) is 0 Å². The lowest BCUT2D eigenvalue weighted by atomic mass is 9.77. The fraction of sp³-hybridized carbons (Fsp3) is 0.471. The molecule has 0 aliphatic carbocycles. The van der Waals surface area contributed by atoms with Crippen LogP contribution in [0, 0.1) is 11.3 Å². The zero-order valence-electron chi connectivity index (χ0n) is 13.4. The van der Waals surface area contributed by atoms with Gasteiger partial charge in [0.1, 0.15) is 5.01 Å². The van der Waals surface area contributed by atoms with Gasteiger partial charge in [0.25, 0.3) is 0 Å². The van der Waals surface area contributed by atoms with Crippen LogP contribution in [0.4, 0.5) is 0 Å². The molecule has 126 valence electrons. The first kappa shape index (κ1) is 15.5. The molecule has 2 aliphatic rings. The van der Waals surface area contributed by atoms with Gasteiger partial charge < -0.3 is 10.1 Å². The van der Waals surface area contributed by atoms with Crippen LogP contribution in [-0.4, -0.2) is 47.0 Å². The summed E-state index contributed by atoms with van der Waals surface area (Å²) in [6, 6.07) is 5.62. The van der Waals surface area contributed by atoms with Gasteiger partial charge in [-0.3, -0.25) is 9.69 Å². The Morgan fingerprint density at radius 1 is 1.38 bits per heavy atom. The van der Waals surface area contributed by atoms with Crippen LogP contribution in [0.2, 0.25) is 0 Å². The third-order valence-electron chi connectivity index (χ3n) is 5.04. The summed E-state index contributed by atoms with van der Waals surface area (Å²) in [4.78, 5) is 23.4. The molecule has 4 heterocycles. The molecular formula is C17H20N4O2S. The van der Waals surface area contributed by atoms with Crippen molar-refractivity contribution in [2.24, 2.45) is 11.3 Å². The smallest absolute Gasteiger partial charge is 0.228 e. The van der Waals surface area contributed by atoms with Gasteiger partial charge in [0.2, 0.25) is 11.8 Å². The fourth-order valence-electron chi connectivity index (χ4n) is 3.70. The maximum Gasteiger partial charge on any atom is 0.228 e. The van der Waals surface area contributed by atoms with Crippen LogP contribution >= 0.6 is 11.3 Å². The minimum Gasteiger partial charge on any atom is -0.477 e.